The fraction of sp³-hybridized carbons (Fsp3) is 0.905. The zero-order chi connectivity index (χ0) is 20.6. The van der Waals surface area contributed by atoms with Crippen LogP contribution in [-0.2, 0) is 4.79 Å². The zero-order valence-electron chi connectivity index (χ0n) is 19.1. The van der Waals surface area contributed by atoms with E-state index in [0.29, 0.717) is 0 Å². The van der Waals surface area contributed by atoms with Crippen LogP contribution in [0.1, 0.15) is 59.8 Å². The predicted molar refractivity (Wildman–Crippen MR) is 132 cm³/mol. The van der Waals surface area contributed by atoms with Crippen molar-refractivity contribution in [1.29, 1.82) is 0 Å². The summed E-state index contributed by atoms with van der Waals surface area (Å²) in [5.74, 6) is 0.691. The third kappa shape index (κ3) is 8.96. The molecule has 2 fully saturated rings. The molecule has 0 aromatic carbocycles. The van der Waals surface area contributed by atoms with Crippen LogP contribution >= 0.6 is 24.0 Å². The molecule has 2 rings (SSSR count). The van der Waals surface area contributed by atoms with Crippen LogP contribution in [0.15, 0.2) is 4.99 Å². The van der Waals surface area contributed by atoms with Crippen LogP contribution in [0.4, 0.5) is 0 Å². The van der Waals surface area contributed by atoms with E-state index in [-0.39, 0.29) is 47.5 Å². The molecule has 0 aliphatic carbocycles. The van der Waals surface area contributed by atoms with Gasteiger partial charge >= 0.3 is 0 Å². The number of carbonyl (C=O) groups is 1. The van der Waals surface area contributed by atoms with E-state index in [4.69, 9.17) is 0 Å². The number of carbonyl (C=O) groups excluding carboxylic acids is 1. The van der Waals surface area contributed by atoms with Crippen LogP contribution in [0.3, 0.4) is 0 Å². The fourth-order valence-electron chi connectivity index (χ4n) is 4.21. The molecule has 0 unspecified atom stereocenters. The maximum atomic E-state index is 12.1. The molecular formula is C21H43IN6O. The van der Waals surface area contributed by atoms with Gasteiger partial charge in [-0.3, -0.25) is 9.69 Å². The van der Waals surface area contributed by atoms with Gasteiger partial charge < -0.3 is 20.9 Å². The third-order valence-electron chi connectivity index (χ3n) is 5.77. The summed E-state index contributed by atoms with van der Waals surface area (Å²) >= 11 is 0. The van der Waals surface area contributed by atoms with Gasteiger partial charge in [0.2, 0.25) is 5.91 Å². The molecule has 2 aliphatic heterocycles. The summed E-state index contributed by atoms with van der Waals surface area (Å²) in [5.41, 5.74) is -0.0401. The van der Waals surface area contributed by atoms with Gasteiger partial charge in [0.15, 0.2) is 5.96 Å². The Hall–Kier alpha value is -0.610. The molecule has 3 N–H and O–H groups in total. The van der Waals surface area contributed by atoms with E-state index >= 15 is 0 Å². The van der Waals surface area contributed by atoms with E-state index in [2.05, 4.69) is 44.7 Å². The van der Waals surface area contributed by atoms with Gasteiger partial charge in [0, 0.05) is 24.2 Å². The van der Waals surface area contributed by atoms with E-state index in [1.165, 1.54) is 45.2 Å². The third-order valence-corrected chi connectivity index (χ3v) is 5.77. The lowest BCUT2D eigenvalue weighted by molar-refractivity contribution is -0.121. The largest absolute Gasteiger partial charge is 0.357 e. The number of halogens is 1. The highest BCUT2D eigenvalue weighted by atomic mass is 127. The average Bonchev–Trinajstić information content (AvgIpc) is 2.65. The average molecular weight is 523 g/mol. The van der Waals surface area contributed by atoms with Gasteiger partial charge in [0.05, 0.1) is 0 Å². The van der Waals surface area contributed by atoms with Crippen LogP contribution in [-0.4, -0.2) is 85.6 Å². The van der Waals surface area contributed by atoms with Gasteiger partial charge in [0.1, 0.15) is 6.54 Å². The molecule has 0 spiro atoms. The number of likely N-dealkylation sites (tertiary alicyclic amines) is 2. The Morgan fingerprint density at radius 2 is 1.66 bits per heavy atom. The van der Waals surface area contributed by atoms with Crippen molar-refractivity contribution >= 4 is 35.8 Å². The first-order valence-corrected chi connectivity index (χ1v) is 11.0. The van der Waals surface area contributed by atoms with Gasteiger partial charge in [-0.2, -0.15) is 0 Å². The Labute approximate surface area is 194 Å². The van der Waals surface area contributed by atoms with Crippen molar-refractivity contribution in [3.63, 3.8) is 0 Å². The second-order valence-corrected chi connectivity index (χ2v) is 9.42. The van der Waals surface area contributed by atoms with Crippen LogP contribution in [0.2, 0.25) is 0 Å². The van der Waals surface area contributed by atoms with E-state index in [0.717, 1.165) is 32.1 Å². The molecule has 0 bridgehead atoms. The smallest absolute Gasteiger partial charge is 0.242 e. The number of amides is 1. The number of piperidine rings is 2. The standard InChI is InChI=1S/C21H42N6O.HI/c1-6-22-19(23-16-18(28)25-20(2,3)4)24-17-21(10-14-26(5)15-11-21)27-12-8-7-9-13-27;/h6-17H2,1-5H3,(H,25,28)(H2,22,23,24);1H. The van der Waals surface area contributed by atoms with Gasteiger partial charge in [-0.1, -0.05) is 6.42 Å². The molecule has 0 aromatic rings. The van der Waals surface area contributed by atoms with Crippen LogP contribution < -0.4 is 16.0 Å². The monoisotopic (exact) mass is 522 g/mol. The van der Waals surface area contributed by atoms with Crippen LogP contribution in [0.5, 0.6) is 0 Å². The Morgan fingerprint density at radius 3 is 2.21 bits per heavy atom. The summed E-state index contributed by atoms with van der Waals surface area (Å²) in [4.78, 5) is 21.8. The highest BCUT2D eigenvalue weighted by Gasteiger charge is 2.39. The molecule has 29 heavy (non-hydrogen) atoms. The van der Waals surface area contributed by atoms with Crippen molar-refractivity contribution in [2.45, 2.75) is 70.9 Å². The summed E-state index contributed by atoms with van der Waals surface area (Å²) < 4.78 is 0. The molecule has 2 heterocycles. The van der Waals surface area contributed by atoms with Gasteiger partial charge in [-0.25, -0.2) is 4.99 Å². The molecular weight excluding hydrogens is 479 g/mol. The van der Waals surface area contributed by atoms with Gasteiger partial charge in [-0.15, -0.1) is 24.0 Å². The van der Waals surface area contributed by atoms with Crippen molar-refractivity contribution in [1.82, 2.24) is 25.8 Å². The van der Waals surface area contributed by atoms with E-state index in [9.17, 15) is 4.79 Å². The molecule has 0 aromatic heterocycles. The van der Waals surface area contributed by atoms with Gasteiger partial charge in [0.25, 0.3) is 0 Å². The number of nitrogens with one attached hydrogen (secondary N) is 3. The normalized spacial score (nSPS) is 21.2. The Morgan fingerprint density at radius 1 is 1.03 bits per heavy atom. The van der Waals surface area contributed by atoms with Gasteiger partial charge in [-0.05, 0) is 86.6 Å². The maximum Gasteiger partial charge on any atom is 0.242 e. The quantitative estimate of drug-likeness (QED) is 0.283. The summed E-state index contributed by atoms with van der Waals surface area (Å²) in [6.45, 7) is 14.5. The molecule has 7 nitrogen and oxygen atoms in total. The first-order chi connectivity index (χ1) is 13.2. The second kappa shape index (κ2) is 12.3. The summed E-state index contributed by atoms with van der Waals surface area (Å²) in [6, 6.07) is 0. The number of guanidine groups is 1. The topological polar surface area (TPSA) is 72.0 Å². The van der Waals surface area contributed by atoms with Crippen molar-refractivity contribution in [3.05, 3.63) is 0 Å². The molecule has 1 amide bonds. The number of nitrogens with zero attached hydrogens (tertiary/aromatic N) is 3. The molecule has 0 saturated carbocycles. The predicted octanol–water partition coefficient (Wildman–Crippen LogP) is 2.02. The lowest BCUT2D eigenvalue weighted by Crippen LogP contribution is -2.62. The summed E-state index contributed by atoms with van der Waals surface area (Å²) in [7, 11) is 2.22. The van der Waals surface area contributed by atoms with Crippen LogP contribution in [0.25, 0.3) is 0 Å². The van der Waals surface area contributed by atoms with E-state index in [1.807, 2.05) is 20.8 Å². The molecule has 170 valence electrons. The first kappa shape index (κ1) is 26.4. The minimum Gasteiger partial charge on any atom is -0.357 e. The lowest BCUT2D eigenvalue weighted by Gasteiger charge is -2.50. The Kier molecular flexibility index (Phi) is 11.2. The number of hydrogen-bond donors (Lipinski definition) is 3. The minimum atomic E-state index is -0.231. The molecule has 0 radical (unpaired) electrons. The maximum absolute atomic E-state index is 12.1. The zero-order valence-corrected chi connectivity index (χ0v) is 21.5. The van der Waals surface area contributed by atoms with Crippen LogP contribution in [0, 0.1) is 0 Å². The molecule has 2 aliphatic rings. The fourth-order valence-corrected chi connectivity index (χ4v) is 4.21. The Balaban J connectivity index is 0.00000420. The molecule has 0 atom stereocenters. The number of aliphatic imine (C=N–C) groups is 1. The summed E-state index contributed by atoms with van der Waals surface area (Å²) in [6.07, 6.45) is 6.32. The lowest BCUT2D eigenvalue weighted by atomic mass is 9.84. The second-order valence-electron chi connectivity index (χ2n) is 9.42. The van der Waals surface area contributed by atoms with Crippen molar-refractivity contribution in [2.75, 3.05) is 52.9 Å². The minimum absolute atomic E-state index is 0. The van der Waals surface area contributed by atoms with Crippen molar-refractivity contribution in [3.8, 4) is 0 Å². The number of rotatable bonds is 6. The van der Waals surface area contributed by atoms with E-state index < -0.39 is 0 Å². The number of hydrogen-bond acceptors (Lipinski definition) is 4. The molecule has 2 saturated heterocycles. The van der Waals surface area contributed by atoms with Crippen molar-refractivity contribution < 1.29 is 4.79 Å². The summed E-state index contributed by atoms with van der Waals surface area (Å²) in [5, 5.41) is 9.83. The first-order valence-electron chi connectivity index (χ1n) is 11.0. The van der Waals surface area contributed by atoms with Crippen molar-refractivity contribution in [2.24, 2.45) is 4.99 Å². The SMILES string of the molecule is CCNC(=NCC(=O)NC(C)(C)C)NCC1(N2CCCCC2)CCN(C)CC1.I. The Bertz CT molecular complexity index is 520. The highest BCUT2D eigenvalue weighted by Crippen LogP contribution is 2.30. The molecule has 8 heteroatoms. The van der Waals surface area contributed by atoms with E-state index in [1.54, 1.807) is 0 Å². The highest BCUT2D eigenvalue weighted by molar-refractivity contribution is 14.0.